The first-order valence-electron chi connectivity index (χ1n) is 3.22. The number of carbonyl (C=O) groups is 2. The molecule has 0 unspecified atom stereocenters. The predicted octanol–water partition coefficient (Wildman–Crippen LogP) is -0.435. The van der Waals surface area contributed by atoms with E-state index in [0.29, 0.717) is 0 Å². The van der Waals surface area contributed by atoms with Gasteiger partial charge in [0.2, 0.25) is 0 Å². The average Bonchev–Trinajstić information content (AvgIpc) is 2.34. The van der Waals surface area contributed by atoms with Crippen molar-refractivity contribution >= 4 is 11.8 Å². The van der Waals surface area contributed by atoms with Crippen LogP contribution in [0.1, 0.15) is 17.4 Å². The molecule has 0 saturated heterocycles. The monoisotopic (exact) mass is 169 g/mol. The van der Waals surface area contributed by atoms with Gasteiger partial charge < -0.3 is 5.11 Å². The van der Waals surface area contributed by atoms with Gasteiger partial charge in [-0.2, -0.15) is 0 Å². The van der Waals surface area contributed by atoms with Crippen molar-refractivity contribution in [2.45, 2.75) is 13.5 Å². The van der Waals surface area contributed by atoms with E-state index in [-0.39, 0.29) is 18.0 Å². The van der Waals surface area contributed by atoms with Crippen LogP contribution in [0.4, 0.5) is 0 Å². The molecule has 0 bridgehead atoms. The second kappa shape index (κ2) is 3.12. The smallest absolute Gasteiger partial charge is 0.358 e. The van der Waals surface area contributed by atoms with E-state index in [0.717, 1.165) is 0 Å². The third-order valence-corrected chi connectivity index (χ3v) is 1.14. The van der Waals surface area contributed by atoms with Crippen molar-refractivity contribution in [3.05, 3.63) is 11.9 Å². The quantitative estimate of drug-likeness (QED) is 0.663. The molecule has 0 aliphatic carbocycles. The Hall–Kier alpha value is -1.72. The number of carboxylic acid groups (broad SMARTS) is 1. The summed E-state index contributed by atoms with van der Waals surface area (Å²) >= 11 is 0. The van der Waals surface area contributed by atoms with Gasteiger partial charge in [-0.15, -0.1) is 5.10 Å². The number of aromatic carboxylic acids is 1. The molecule has 1 N–H and O–H groups in total. The molecule has 0 spiro atoms. The number of rotatable bonds is 3. The summed E-state index contributed by atoms with van der Waals surface area (Å²) in [5, 5.41) is 15.2. The first kappa shape index (κ1) is 8.38. The first-order chi connectivity index (χ1) is 5.59. The minimum Gasteiger partial charge on any atom is -0.476 e. The molecule has 1 rings (SSSR count). The number of nitrogens with zero attached hydrogens (tertiary/aromatic N) is 3. The number of hydrogen-bond donors (Lipinski definition) is 1. The Balaban J connectivity index is 2.77. The number of carboxylic acids is 1. The minimum atomic E-state index is -1.15. The third-order valence-electron chi connectivity index (χ3n) is 1.14. The van der Waals surface area contributed by atoms with Crippen molar-refractivity contribution in [2.24, 2.45) is 0 Å². The highest BCUT2D eigenvalue weighted by atomic mass is 16.4. The van der Waals surface area contributed by atoms with E-state index in [1.54, 1.807) is 0 Å². The molecule has 0 saturated carbocycles. The fourth-order valence-electron chi connectivity index (χ4n) is 0.702. The maximum absolute atomic E-state index is 10.6. The lowest BCUT2D eigenvalue weighted by Gasteiger charge is -1.91. The van der Waals surface area contributed by atoms with Crippen molar-refractivity contribution in [1.29, 1.82) is 0 Å². The highest BCUT2D eigenvalue weighted by Gasteiger charge is 2.08. The van der Waals surface area contributed by atoms with Gasteiger partial charge in [-0.3, -0.25) is 4.79 Å². The van der Waals surface area contributed by atoms with E-state index < -0.39 is 5.97 Å². The van der Waals surface area contributed by atoms with Crippen LogP contribution in [-0.2, 0) is 11.3 Å². The highest BCUT2D eigenvalue weighted by Crippen LogP contribution is 1.92. The molecule has 1 aromatic rings. The Labute approximate surface area is 67.8 Å². The normalized spacial score (nSPS) is 9.75. The lowest BCUT2D eigenvalue weighted by molar-refractivity contribution is -0.117. The van der Waals surface area contributed by atoms with Crippen LogP contribution < -0.4 is 0 Å². The van der Waals surface area contributed by atoms with Crippen LogP contribution in [0.25, 0.3) is 0 Å². The Morgan fingerprint density at radius 3 is 2.75 bits per heavy atom. The summed E-state index contributed by atoms with van der Waals surface area (Å²) in [6.45, 7) is 1.45. The van der Waals surface area contributed by atoms with E-state index in [4.69, 9.17) is 5.11 Å². The summed E-state index contributed by atoms with van der Waals surface area (Å²) in [4.78, 5) is 20.9. The van der Waals surface area contributed by atoms with Crippen molar-refractivity contribution < 1.29 is 14.7 Å². The van der Waals surface area contributed by atoms with Crippen LogP contribution in [0, 0.1) is 0 Å². The van der Waals surface area contributed by atoms with Crippen molar-refractivity contribution in [2.75, 3.05) is 0 Å². The molecule has 6 heteroatoms. The first-order valence-corrected chi connectivity index (χ1v) is 3.22. The summed E-state index contributed by atoms with van der Waals surface area (Å²) < 4.78 is 1.19. The number of carbonyl (C=O) groups excluding carboxylic acids is 1. The zero-order chi connectivity index (χ0) is 9.14. The summed E-state index contributed by atoms with van der Waals surface area (Å²) in [7, 11) is 0. The fourth-order valence-corrected chi connectivity index (χ4v) is 0.702. The van der Waals surface area contributed by atoms with Gasteiger partial charge >= 0.3 is 5.97 Å². The largest absolute Gasteiger partial charge is 0.476 e. The Morgan fingerprint density at radius 1 is 1.67 bits per heavy atom. The molecule has 64 valence electrons. The lowest BCUT2D eigenvalue weighted by atomic mass is 10.4. The summed E-state index contributed by atoms with van der Waals surface area (Å²) in [6, 6.07) is 0. The number of hydrogen-bond acceptors (Lipinski definition) is 4. The zero-order valence-electron chi connectivity index (χ0n) is 6.39. The molecule has 1 heterocycles. The molecule has 0 aliphatic heterocycles. The Morgan fingerprint density at radius 2 is 2.33 bits per heavy atom. The average molecular weight is 169 g/mol. The van der Waals surface area contributed by atoms with Gasteiger partial charge in [0.15, 0.2) is 11.5 Å². The van der Waals surface area contributed by atoms with Gasteiger partial charge in [0.05, 0.1) is 6.20 Å². The SMILES string of the molecule is CC(=O)Cn1cc(C(=O)O)nn1. The van der Waals surface area contributed by atoms with Crippen LogP contribution in [0.15, 0.2) is 6.20 Å². The minimum absolute atomic E-state index is 0.0558. The van der Waals surface area contributed by atoms with Crippen LogP contribution in [-0.4, -0.2) is 31.9 Å². The number of Topliss-reactive ketones (excluding diaryl/α,β-unsaturated/α-hetero) is 1. The molecule has 0 atom stereocenters. The third kappa shape index (κ3) is 1.88. The van der Waals surface area contributed by atoms with Gasteiger partial charge in [-0.05, 0) is 6.92 Å². The van der Waals surface area contributed by atoms with Crippen LogP contribution in [0.2, 0.25) is 0 Å². The predicted molar refractivity (Wildman–Crippen MR) is 37.7 cm³/mol. The van der Waals surface area contributed by atoms with Crippen molar-refractivity contribution in [3.63, 3.8) is 0 Å². The molecule has 6 nitrogen and oxygen atoms in total. The topological polar surface area (TPSA) is 85.1 Å². The van der Waals surface area contributed by atoms with Gasteiger partial charge in [-0.1, -0.05) is 5.21 Å². The molecule has 0 aliphatic rings. The maximum Gasteiger partial charge on any atom is 0.358 e. The van der Waals surface area contributed by atoms with Gasteiger partial charge in [0.25, 0.3) is 0 Å². The van der Waals surface area contributed by atoms with Gasteiger partial charge in [0, 0.05) is 0 Å². The van der Waals surface area contributed by atoms with Crippen LogP contribution in [0.5, 0.6) is 0 Å². The van der Waals surface area contributed by atoms with Crippen LogP contribution in [0.3, 0.4) is 0 Å². The molecular weight excluding hydrogens is 162 g/mol. The highest BCUT2D eigenvalue weighted by molar-refractivity contribution is 5.84. The van der Waals surface area contributed by atoms with E-state index >= 15 is 0 Å². The van der Waals surface area contributed by atoms with E-state index in [2.05, 4.69) is 10.3 Å². The molecule has 0 radical (unpaired) electrons. The summed E-state index contributed by atoms with van der Waals surface area (Å²) in [5.74, 6) is -1.25. The summed E-state index contributed by atoms with van der Waals surface area (Å²) in [5.41, 5.74) is -0.156. The molecule has 12 heavy (non-hydrogen) atoms. The summed E-state index contributed by atoms with van der Waals surface area (Å²) in [6.07, 6.45) is 1.21. The van der Waals surface area contributed by atoms with Gasteiger partial charge in [0.1, 0.15) is 6.54 Å². The van der Waals surface area contributed by atoms with E-state index in [1.165, 1.54) is 17.8 Å². The fraction of sp³-hybridized carbons (Fsp3) is 0.333. The van der Waals surface area contributed by atoms with Crippen LogP contribution >= 0.6 is 0 Å². The molecule has 0 fully saturated rings. The standard InChI is InChI=1S/C6H7N3O3/c1-4(10)2-9-3-5(6(11)12)7-8-9/h3H,2H2,1H3,(H,11,12). The van der Waals surface area contributed by atoms with E-state index in [1.807, 2.05) is 0 Å². The Bertz CT molecular complexity index is 318. The maximum atomic E-state index is 10.6. The van der Waals surface area contributed by atoms with Crippen molar-refractivity contribution in [1.82, 2.24) is 15.0 Å². The second-order valence-electron chi connectivity index (χ2n) is 2.31. The van der Waals surface area contributed by atoms with Crippen molar-refractivity contribution in [3.8, 4) is 0 Å². The Kier molecular flexibility index (Phi) is 2.18. The molecule has 0 amide bonds. The molecule has 0 aromatic carbocycles. The van der Waals surface area contributed by atoms with Gasteiger partial charge in [-0.25, -0.2) is 9.48 Å². The lowest BCUT2D eigenvalue weighted by Crippen LogP contribution is -2.06. The zero-order valence-corrected chi connectivity index (χ0v) is 6.39. The van der Waals surface area contributed by atoms with E-state index in [9.17, 15) is 9.59 Å². The second-order valence-corrected chi connectivity index (χ2v) is 2.31. The molecular formula is C6H7N3O3. The molecule has 1 aromatic heterocycles. The number of aromatic nitrogens is 3. The number of ketones is 1.